The van der Waals surface area contributed by atoms with Gasteiger partial charge in [0.2, 0.25) is 0 Å². The molecule has 1 aromatic heterocycles. The number of nitrogens with zero attached hydrogens (tertiary/aromatic N) is 3. The van der Waals surface area contributed by atoms with Crippen molar-refractivity contribution in [2.75, 3.05) is 19.7 Å². The standard InChI is InChI=1S/C14H17N3O3/c1-2-16(8-9-18)14(20)13-12(19)10-17(15-13)11-6-4-3-5-7-11/h3-7,10,18-19H,2,8-9H2,1H3. The van der Waals surface area contributed by atoms with Gasteiger partial charge in [0.25, 0.3) is 5.91 Å². The van der Waals surface area contributed by atoms with Gasteiger partial charge in [0.15, 0.2) is 11.4 Å². The Bertz CT molecular complexity index is 581. The number of likely N-dealkylation sites (N-methyl/N-ethyl adjacent to an activating group) is 1. The van der Waals surface area contributed by atoms with Crippen molar-refractivity contribution in [1.82, 2.24) is 14.7 Å². The molecule has 0 fully saturated rings. The van der Waals surface area contributed by atoms with E-state index in [9.17, 15) is 9.90 Å². The number of hydrogen-bond donors (Lipinski definition) is 2. The van der Waals surface area contributed by atoms with E-state index in [0.29, 0.717) is 6.54 Å². The molecule has 6 heteroatoms. The summed E-state index contributed by atoms with van der Waals surface area (Å²) in [7, 11) is 0. The molecule has 0 saturated carbocycles. The Morgan fingerprint density at radius 3 is 2.65 bits per heavy atom. The second kappa shape index (κ2) is 6.21. The number of benzene rings is 1. The smallest absolute Gasteiger partial charge is 0.278 e. The Morgan fingerprint density at radius 1 is 1.35 bits per heavy atom. The lowest BCUT2D eigenvalue weighted by atomic mass is 10.3. The highest BCUT2D eigenvalue weighted by molar-refractivity contribution is 5.94. The number of carbonyl (C=O) groups is 1. The van der Waals surface area contributed by atoms with Crippen LogP contribution >= 0.6 is 0 Å². The maximum Gasteiger partial charge on any atom is 0.278 e. The number of aliphatic hydroxyl groups excluding tert-OH is 1. The molecule has 0 aliphatic carbocycles. The van der Waals surface area contributed by atoms with Gasteiger partial charge in [-0.2, -0.15) is 5.10 Å². The van der Waals surface area contributed by atoms with Gasteiger partial charge >= 0.3 is 0 Å². The van der Waals surface area contributed by atoms with Crippen molar-refractivity contribution >= 4 is 5.91 Å². The summed E-state index contributed by atoms with van der Waals surface area (Å²) in [4.78, 5) is 13.6. The largest absolute Gasteiger partial charge is 0.504 e. The van der Waals surface area contributed by atoms with Crippen LogP contribution in [0.1, 0.15) is 17.4 Å². The van der Waals surface area contributed by atoms with E-state index >= 15 is 0 Å². The fourth-order valence-electron chi connectivity index (χ4n) is 1.90. The summed E-state index contributed by atoms with van der Waals surface area (Å²) in [5.41, 5.74) is 0.746. The molecule has 1 aromatic carbocycles. The SMILES string of the molecule is CCN(CCO)C(=O)c1nn(-c2ccccc2)cc1O. The van der Waals surface area contributed by atoms with Crippen molar-refractivity contribution in [3.63, 3.8) is 0 Å². The third-order valence-electron chi connectivity index (χ3n) is 2.96. The summed E-state index contributed by atoms with van der Waals surface area (Å²) in [6.07, 6.45) is 1.40. The van der Waals surface area contributed by atoms with Crippen molar-refractivity contribution in [3.8, 4) is 11.4 Å². The number of amides is 1. The minimum atomic E-state index is -0.395. The highest BCUT2D eigenvalue weighted by Gasteiger charge is 2.21. The van der Waals surface area contributed by atoms with Gasteiger partial charge in [-0.15, -0.1) is 0 Å². The summed E-state index contributed by atoms with van der Waals surface area (Å²) < 4.78 is 1.45. The lowest BCUT2D eigenvalue weighted by Gasteiger charge is -2.18. The number of hydrogen-bond acceptors (Lipinski definition) is 4. The maximum atomic E-state index is 12.2. The molecular formula is C14H17N3O3. The van der Waals surface area contributed by atoms with E-state index in [0.717, 1.165) is 5.69 Å². The van der Waals surface area contributed by atoms with Crippen LogP contribution in [0, 0.1) is 0 Å². The van der Waals surface area contributed by atoms with Crippen molar-refractivity contribution in [2.24, 2.45) is 0 Å². The Kier molecular flexibility index (Phi) is 4.37. The molecule has 1 heterocycles. The van der Waals surface area contributed by atoms with E-state index in [2.05, 4.69) is 5.10 Å². The topological polar surface area (TPSA) is 78.6 Å². The highest BCUT2D eigenvalue weighted by atomic mass is 16.3. The second-order valence-electron chi connectivity index (χ2n) is 4.25. The molecule has 2 rings (SSSR count). The van der Waals surface area contributed by atoms with Crippen molar-refractivity contribution in [3.05, 3.63) is 42.2 Å². The fraction of sp³-hybridized carbons (Fsp3) is 0.286. The molecule has 0 bridgehead atoms. The first-order chi connectivity index (χ1) is 9.67. The molecule has 2 N–H and O–H groups in total. The molecule has 0 unspecified atom stereocenters. The van der Waals surface area contributed by atoms with E-state index in [1.54, 1.807) is 6.92 Å². The van der Waals surface area contributed by atoms with Crippen LogP contribution in [0.5, 0.6) is 5.75 Å². The van der Waals surface area contributed by atoms with Gasteiger partial charge in [-0.1, -0.05) is 18.2 Å². The maximum absolute atomic E-state index is 12.2. The Morgan fingerprint density at radius 2 is 2.05 bits per heavy atom. The van der Waals surface area contributed by atoms with Crippen molar-refractivity contribution in [1.29, 1.82) is 0 Å². The summed E-state index contributed by atoms with van der Waals surface area (Å²) in [6.45, 7) is 2.34. The number of aromatic hydroxyl groups is 1. The van der Waals surface area contributed by atoms with Crippen LogP contribution in [0.15, 0.2) is 36.5 Å². The van der Waals surface area contributed by atoms with E-state index in [1.165, 1.54) is 15.8 Å². The first-order valence-corrected chi connectivity index (χ1v) is 6.41. The average Bonchev–Trinajstić information content (AvgIpc) is 2.87. The zero-order valence-electron chi connectivity index (χ0n) is 11.2. The molecule has 20 heavy (non-hydrogen) atoms. The molecule has 0 spiro atoms. The Hall–Kier alpha value is -2.34. The van der Waals surface area contributed by atoms with Gasteiger partial charge in [0.1, 0.15) is 0 Å². The number of aliphatic hydroxyl groups is 1. The van der Waals surface area contributed by atoms with Gasteiger partial charge in [-0.3, -0.25) is 4.79 Å². The van der Waals surface area contributed by atoms with Crippen LogP contribution in [0.4, 0.5) is 0 Å². The average molecular weight is 275 g/mol. The first-order valence-electron chi connectivity index (χ1n) is 6.41. The van der Waals surface area contributed by atoms with E-state index in [4.69, 9.17) is 5.11 Å². The number of para-hydroxylation sites is 1. The monoisotopic (exact) mass is 275 g/mol. The third-order valence-corrected chi connectivity index (χ3v) is 2.96. The van der Waals surface area contributed by atoms with Gasteiger partial charge < -0.3 is 15.1 Å². The quantitative estimate of drug-likeness (QED) is 0.854. The molecule has 0 atom stereocenters. The van der Waals surface area contributed by atoms with Gasteiger partial charge in [0.05, 0.1) is 18.5 Å². The predicted molar refractivity (Wildman–Crippen MR) is 73.9 cm³/mol. The van der Waals surface area contributed by atoms with Crippen LogP contribution in [0.3, 0.4) is 0 Å². The molecule has 0 saturated heterocycles. The third kappa shape index (κ3) is 2.80. The van der Waals surface area contributed by atoms with Gasteiger partial charge in [-0.05, 0) is 19.1 Å². The molecule has 6 nitrogen and oxygen atoms in total. The van der Waals surface area contributed by atoms with Gasteiger partial charge in [0, 0.05) is 13.1 Å². The first kappa shape index (κ1) is 14.1. The normalized spacial score (nSPS) is 10.5. The lowest BCUT2D eigenvalue weighted by Crippen LogP contribution is -2.33. The number of carbonyl (C=O) groups excluding carboxylic acids is 1. The highest BCUT2D eigenvalue weighted by Crippen LogP contribution is 2.19. The molecule has 2 aromatic rings. The molecule has 0 aliphatic heterocycles. The number of aromatic nitrogens is 2. The number of rotatable bonds is 5. The van der Waals surface area contributed by atoms with Crippen LogP contribution in [-0.2, 0) is 0 Å². The minimum Gasteiger partial charge on any atom is -0.504 e. The van der Waals surface area contributed by atoms with Crippen molar-refractivity contribution < 1.29 is 15.0 Å². The zero-order chi connectivity index (χ0) is 14.5. The summed E-state index contributed by atoms with van der Waals surface area (Å²) in [5.74, 6) is -0.566. The van der Waals surface area contributed by atoms with Crippen LogP contribution in [-0.4, -0.2) is 50.5 Å². The zero-order valence-corrected chi connectivity index (χ0v) is 11.2. The lowest BCUT2D eigenvalue weighted by molar-refractivity contribution is 0.0722. The molecule has 0 radical (unpaired) electrons. The van der Waals surface area contributed by atoms with Crippen LogP contribution in [0.25, 0.3) is 5.69 Å². The second-order valence-corrected chi connectivity index (χ2v) is 4.25. The van der Waals surface area contributed by atoms with E-state index < -0.39 is 5.91 Å². The molecule has 0 aliphatic rings. The summed E-state index contributed by atoms with van der Waals surface area (Å²) in [6, 6.07) is 9.22. The Balaban J connectivity index is 2.30. The fourth-order valence-corrected chi connectivity index (χ4v) is 1.90. The van der Waals surface area contributed by atoms with Crippen LogP contribution in [0.2, 0.25) is 0 Å². The van der Waals surface area contributed by atoms with Crippen LogP contribution < -0.4 is 0 Å². The summed E-state index contributed by atoms with van der Waals surface area (Å²) >= 11 is 0. The molecular weight excluding hydrogens is 258 g/mol. The minimum absolute atomic E-state index is 0.0100. The van der Waals surface area contributed by atoms with E-state index in [-0.39, 0.29) is 24.6 Å². The molecule has 1 amide bonds. The van der Waals surface area contributed by atoms with E-state index in [1.807, 2.05) is 30.3 Å². The molecule has 106 valence electrons. The van der Waals surface area contributed by atoms with Crippen molar-refractivity contribution in [2.45, 2.75) is 6.92 Å². The summed E-state index contributed by atoms with van der Waals surface area (Å²) in [5, 5.41) is 22.9. The van der Waals surface area contributed by atoms with Gasteiger partial charge in [-0.25, -0.2) is 4.68 Å². The predicted octanol–water partition coefficient (Wildman–Crippen LogP) is 1.03. The Labute approximate surface area is 116 Å².